The van der Waals surface area contributed by atoms with Gasteiger partial charge in [-0.3, -0.25) is 0 Å². The average molecular weight is 182 g/mol. The Hall–Kier alpha value is -1.15. The minimum absolute atomic E-state index is 0.169. The first-order valence-electron chi connectivity index (χ1n) is 3.70. The number of allylic oxidation sites excluding steroid dienone is 4. The van der Waals surface area contributed by atoms with E-state index in [1.165, 1.54) is 0 Å². The molecule has 2 nitrogen and oxygen atoms in total. The highest BCUT2D eigenvalue weighted by molar-refractivity contribution is 6.32. The Kier molecular flexibility index (Phi) is 1.70. The molecule has 2 aliphatic heterocycles. The molecule has 0 aromatic heterocycles. The molecule has 2 aliphatic rings. The monoisotopic (exact) mass is 181 g/mol. The second-order valence-corrected chi connectivity index (χ2v) is 3.02. The molecule has 0 atom stereocenters. The summed E-state index contributed by atoms with van der Waals surface area (Å²) in [5, 5.41) is 9.72. The second-order valence-electron chi connectivity index (χ2n) is 2.64. The maximum atomic E-state index is 9.30. The molecule has 2 heterocycles. The molecular weight excluding hydrogens is 174 g/mol. The summed E-state index contributed by atoms with van der Waals surface area (Å²) < 4.78 is 0. The molecule has 1 N–H and O–H groups in total. The molecule has 0 unspecified atom stereocenters. The standard InChI is InChI=1S/C9H8ClNO/c10-9-7-3-1-2-5-11(7)6-4-8(9)12/h1-5,12H,6H2. The zero-order chi connectivity index (χ0) is 8.55. The molecule has 3 heteroatoms. The van der Waals surface area contributed by atoms with Gasteiger partial charge >= 0.3 is 0 Å². The van der Waals surface area contributed by atoms with Crippen LogP contribution in [-0.2, 0) is 0 Å². The van der Waals surface area contributed by atoms with Crippen molar-refractivity contribution >= 4 is 11.6 Å². The molecule has 0 saturated carbocycles. The number of fused-ring (bicyclic) bond motifs is 1. The van der Waals surface area contributed by atoms with Crippen molar-refractivity contribution in [2.45, 2.75) is 0 Å². The molecule has 2 rings (SSSR count). The molecule has 62 valence electrons. The fourth-order valence-electron chi connectivity index (χ4n) is 1.24. The largest absolute Gasteiger partial charge is 0.507 e. The highest BCUT2D eigenvalue weighted by Crippen LogP contribution is 2.27. The zero-order valence-electron chi connectivity index (χ0n) is 6.37. The second kappa shape index (κ2) is 2.72. The van der Waals surface area contributed by atoms with Crippen molar-refractivity contribution in [1.29, 1.82) is 0 Å². The first kappa shape index (κ1) is 7.50. The van der Waals surface area contributed by atoms with Crippen molar-refractivity contribution < 1.29 is 5.11 Å². The normalized spacial score (nSPS) is 21.1. The first-order chi connectivity index (χ1) is 5.79. The molecule has 0 radical (unpaired) electrons. The number of rotatable bonds is 0. The number of hydrogen-bond donors (Lipinski definition) is 1. The topological polar surface area (TPSA) is 23.5 Å². The lowest BCUT2D eigenvalue weighted by Crippen LogP contribution is -2.22. The summed E-state index contributed by atoms with van der Waals surface area (Å²) in [6.45, 7) is 0.679. The summed E-state index contributed by atoms with van der Waals surface area (Å²) in [7, 11) is 0. The molecule has 0 saturated heterocycles. The Morgan fingerprint density at radius 3 is 3.08 bits per heavy atom. The number of nitrogens with zero attached hydrogens (tertiary/aromatic N) is 1. The Labute approximate surface area is 75.7 Å². The van der Waals surface area contributed by atoms with Crippen LogP contribution in [0.3, 0.4) is 0 Å². The molecule has 0 amide bonds. The summed E-state index contributed by atoms with van der Waals surface area (Å²) in [4.78, 5) is 1.97. The fraction of sp³-hybridized carbons (Fsp3) is 0.111. The molecular formula is C9H8ClNO. The molecule has 0 spiro atoms. The van der Waals surface area contributed by atoms with Crippen LogP contribution >= 0.6 is 11.6 Å². The highest BCUT2D eigenvalue weighted by Gasteiger charge is 2.17. The van der Waals surface area contributed by atoms with E-state index in [0.29, 0.717) is 11.6 Å². The molecule has 0 aromatic carbocycles. The zero-order valence-corrected chi connectivity index (χ0v) is 7.12. The quantitative estimate of drug-likeness (QED) is 0.620. The Balaban J connectivity index is 2.45. The Morgan fingerprint density at radius 1 is 1.42 bits per heavy atom. The third-order valence-corrected chi connectivity index (χ3v) is 2.26. The van der Waals surface area contributed by atoms with E-state index in [1.54, 1.807) is 6.08 Å². The maximum absolute atomic E-state index is 9.30. The molecule has 0 aliphatic carbocycles. The summed E-state index contributed by atoms with van der Waals surface area (Å²) in [6.07, 6.45) is 9.33. The van der Waals surface area contributed by atoms with Crippen molar-refractivity contribution in [3.8, 4) is 0 Å². The lowest BCUT2D eigenvalue weighted by molar-refractivity contribution is 0.402. The van der Waals surface area contributed by atoms with Gasteiger partial charge in [0.2, 0.25) is 0 Å². The Bertz CT molecular complexity index is 325. The van der Waals surface area contributed by atoms with Gasteiger partial charge in [-0.25, -0.2) is 0 Å². The van der Waals surface area contributed by atoms with Crippen LogP contribution in [0.25, 0.3) is 0 Å². The van der Waals surface area contributed by atoms with Crippen LogP contribution in [0.2, 0.25) is 0 Å². The minimum Gasteiger partial charge on any atom is -0.507 e. The summed E-state index contributed by atoms with van der Waals surface area (Å²) in [5.41, 5.74) is 0.860. The van der Waals surface area contributed by atoms with E-state index < -0.39 is 0 Å². The van der Waals surface area contributed by atoms with Gasteiger partial charge in [0.05, 0.1) is 5.70 Å². The molecule has 0 bridgehead atoms. The lowest BCUT2D eigenvalue weighted by Gasteiger charge is -2.26. The van der Waals surface area contributed by atoms with Gasteiger partial charge in [0, 0.05) is 12.7 Å². The van der Waals surface area contributed by atoms with Crippen molar-refractivity contribution in [2.75, 3.05) is 6.54 Å². The predicted molar refractivity (Wildman–Crippen MR) is 48.6 cm³/mol. The van der Waals surface area contributed by atoms with Crippen LogP contribution in [0.4, 0.5) is 0 Å². The third kappa shape index (κ3) is 1.04. The number of hydrogen-bond acceptors (Lipinski definition) is 2. The van der Waals surface area contributed by atoms with Crippen molar-refractivity contribution in [3.05, 3.63) is 47.0 Å². The van der Waals surface area contributed by atoms with E-state index in [1.807, 2.05) is 29.3 Å². The molecule has 12 heavy (non-hydrogen) atoms. The molecule has 0 aromatic rings. The van der Waals surface area contributed by atoms with Gasteiger partial charge in [-0.2, -0.15) is 0 Å². The van der Waals surface area contributed by atoms with Crippen LogP contribution < -0.4 is 0 Å². The van der Waals surface area contributed by atoms with Crippen molar-refractivity contribution in [2.24, 2.45) is 0 Å². The smallest absolute Gasteiger partial charge is 0.134 e. The van der Waals surface area contributed by atoms with Gasteiger partial charge in [-0.1, -0.05) is 17.7 Å². The van der Waals surface area contributed by atoms with Crippen molar-refractivity contribution in [3.63, 3.8) is 0 Å². The molecule has 0 fully saturated rings. The van der Waals surface area contributed by atoms with Crippen LogP contribution in [0.15, 0.2) is 47.0 Å². The van der Waals surface area contributed by atoms with Gasteiger partial charge in [-0.15, -0.1) is 0 Å². The van der Waals surface area contributed by atoms with Crippen LogP contribution in [0, 0.1) is 0 Å². The lowest BCUT2D eigenvalue weighted by atomic mass is 10.2. The summed E-state index contributed by atoms with van der Waals surface area (Å²) in [6, 6.07) is 0. The average Bonchev–Trinajstić information content (AvgIpc) is 2.12. The predicted octanol–water partition coefficient (Wildman–Crippen LogP) is 2.28. The summed E-state index contributed by atoms with van der Waals surface area (Å²) >= 11 is 5.88. The van der Waals surface area contributed by atoms with Crippen molar-refractivity contribution in [1.82, 2.24) is 4.90 Å². The van der Waals surface area contributed by atoms with Gasteiger partial charge in [0.1, 0.15) is 10.8 Å². The minimum atomic E-state index is 0.169. The van der Waals surface area contributed by atoms with Gasteiger partial charge < -0.3 is 10.0 Å². The Morgan fingerprint density at radius 2 is 2.25 bits per heavy atom. The van der Waals surface area contributed by atoms with Gasteiger partial charge in [0.15, 0.2) is 0 Å². The number of aliphatic hydroxyl groups is 1. The number of halogens is 1. The van der Waals surface area contributed by atoms with E-state index in [0.717, 1.165) is 5.70 Å². The highest BCUT2D eigenvalue weighted by atomic mass is 35.5. The van der Waals surface area contributed by atoms with E-state index in [9.17, 15) is 5.11 Å². The fourth-order valence-corrected chi connectivity index (χ4v) is 1.49. The van der Waals surface area contributed by atoms with E-state index in [-0.39, 0.29) is 5.76 Å². The van der Waals surface area contributed by atoms with E-state index >= 15 is 0 Å². The summed E-state index contributed by atoms with van der Waals surface area (Å²) in [5.74, 6) is 0.169. The van der Waals surface area contributed by atoms with Crippen LogP contribution in [0.5, 0.6) is 0 Å². The van der Waals surface area contributed by atoms with Gasteiger partial charge in [0.25, 0.3) is 0 Å². The van der Waals surface area contributed by atoms with Gasteiger partial charge in [-0.05, 0) is 18.2 Å². The first-order valence-corrected chi connectivity index (χ1v) is 4.07. The van der Waals surface area contributed by atoms with Crippen LogP contribution in [0.1, 0.15) is 0 Å². The maximum Gasteiger partial charge on any atom is 0.134 e. The van der Waals surface area contributed by atoms with E-state index in [4.69, 9.17) is 11.6 Å². The number of aliphatic hydroxyl groups excluding tert-OH is 1. The SMILES string of the molecule is OC1=CCN2C=CC=CC2=C1Cl. The third-order valence-electron chi connectivity index (χ3n) is 1.87. The van der Waals surface area contributed by atoms with E-state index in [2.05, 4.69) is 0 Å². The van der Waals surface area contributed by atoms with Crippen LogP contribution in [-0.4, -0.2) is 16.6 Å².